The first kappa shape index (κ1) is 38.3. The summed E-state index contributed by atoms with van der Waals surface area (Å²) < 4.78 is 36.9. The molecule has 0 fully saturated rings. The van der Waals surface area contributed by atoms with Crippen LogP contribution in [0.2, 0.25) is 0 Å². The second-order valence-electron chi connectivity index (χ2n) is 10.3. The highest BCUT2D eigenvalue weighted by Gasteiger charge is 2.25. The Morgan fingerprint density at radius 2 is 1.04 bits per heavy atom. The topological polar surface area (TPSA) is 180 Å². The minimum atomic E-state index is -1.06. The van der Waals surface area contributed by atoms with Crippen LogP contribution in [0.3, 0.4) is 0 Å². The number of amides is 1. The Labute approximate surface area is 289 Å². The van der Waals surface area contributed by atoms with Gasteiger partial charge in [0.2, 0.25) is 0 Å². The van der Waals surface area contributed by atoms with E-state index in [0.29, 0.717) is 11.1 Å². The molecular formula is C34H30F2N4O9S. The summed E-state index contributed by atoms with van der Waals surface area (Å²) in [7, 11) is 2.40. The molecule has 0 saturated heterocycles. The van der Waals surface area contributed by atoms with Crippen LogP contribution < -0.4 is 10.6 Å². The number of non-ortho nitro benzene ring substituents is 2. The van der Waals surface area contributed by atoms with Gasteiger partial charge in [0, 0.05) is 42.7 Å². The van der Waals surface area contributed by atoms with E-state index in [9.17, 15) is 43.4 Å². The van der Waals surface area contributed by atoms with Gasteiger partial charge >= 0.3 is 11.9 Å². The first-order chi connectivity index (χ1) is 23.8. The molecule has 13 nitrogen and oxygen atoms in total. The molecule has 0 aliphatic carbocycles. The SMILES string of the molecule is COC(=O)C(Cc1ccc([N+](=O)[O-])cc1)NC(=O)c1ccccc1F.COC(=O)C(Cc1ccc([N+](=O)[O-])cc1)NC(=S)c1ccccc1F. The Morgan fingerprint density at radius 1 is 0.660 bits per heavy atom. The molecule has 1 amide bonds. The molecule has 16 heteroatoms. The van der Waals surface area contributed by atoms with E-state index in [1.807, 2.05) is 0 Å². The van der Waals surface area contributed by atoms with Gasteiger partial charge < -0.3 is 20.1 Å². The highest BCUT2D eigenvalue weighted by atomic mass is 32.1. The van der Waals surface area contributed by atoms with E-state index in [1.54, 1.807) is 18.2 Å². The highest BCUT2D eigenvalue weighted by molar-refractivity contribution is 7.80. The second kappa shape index (κ2) is 18.4. The fourth-order valence-corrected chi connectivity index (χ4v) is 4.72. The molecule has 4 rings (SSSR count). The zero-order chi connectivity index (χ0) is 36.8. The molecule has 0 heterocycles. The number of halogens is 2. The van der Waals surface area contributed by atoms with Crippen LogP contribution in [-0.4, -0.2) is 59.0 Å². The monoisotopic (exact) mass is 708 g/mol. The van der Waals surface area contributed by atoms with Crippen molar-refractivity contribution in [2.24, 2.45) is 0 Å². The maximum atomic E-state index is 13.8. The van der Waals surface area contributed by atoms with Gasteiger partial charge in [-0.15, -0.1) is 0 Å². The summed E-state index contributed by atoms with van der Waals surface area (Å²) in [5, 5.41) is 26.6. The zero-order valence-electron chi connectivity index (χ0n) is 26.5. The van der Waals surface area contributed by atoms with Crippen LogP contribution in [0.1, 0.15) is 27.0 Å². The molecule has 0 radical (unpaired) electrons. The van der Waals surface area contributed by atoms with Crippen molar-refractivity contribution in [3.8, 4) is 0 Å². The van der Waals surface area contributed by atoms with Crippen molar-refractivity contribution in [2.45, 2.75) is 24.9 Å². The summed E-state index contributed by atoms with van der Waals surface area (Å²) in [6.07, 6.45) is 0.226. The predicted octanol–water partition coefficient (Wildman–Crippen LogP) is 5.03. The maximum absolute atomic E-state index is 13.8. The average molecular weight is 709 g/mol. The Balaban J connectivity index is 0.000000270. The molecule has 2 N–H and O–H groups in total. The molecule has 2 unspecified atom stereocenters. The third-order valence-electron chi connectivity index (χ3n) is 6.99. The third-order valence-corrected chi connectivity index (χ3v) is 7.33. The van der Waals surface area contributed by atoms with E-state index in [-0.39, 0.29) is 40.3 Å². The quantitative estimate of drug-likeness (QED) is 0.0872. The van der Waals surface area contributed by atoms with Crippen LogP contribution in [0.15, 0.2) is 97.1 Å². The first-order valence-electron chi connectivity index (χ1n) is 14.6. The van der Waals surface area contributed by atoms with Crippen molar-refractivity contribution in [3.63, 3.8) is 0 Å². The summed E-state index contributed by atoms with van der Waals surface area (Å²) >= 11 is 5.17. The average Bonchev–Trinajstić information content (AvgIpc) is 3.11. The van der Waals surface area contributed by atoms with Crippen molar-refractivity contribution in [3.05, 3.63) is 151 Å². The number of carbonyl (C=O) groups is 3. The summed E-state index contributed by atoms with van der Waals surface area (Å²) in [6.45, 7) is 0. The lowest BCUT2D eigenvalue weighted by Gasteiger charge is -2.18. The van der Waals surface area contributed by atoms with Crippen molar-refractivity contribution in [2.75, 3.05) is 14.2 Å². The van der Waals surface area contributed by atoms with E-state index in [0.717, 1.165) is 6.07 Å². The lowest BCUT2D eigenvalue weighted by Crippen LogP contribution is -2.43. The molecule has 50 heavy (non-hydrogen) atoms. The third kappa shape index (κ3) is 10.9. The van der Waals surface area contributed by atoms with Gasteiger partial charge in [-0.3, -0.25) is 25.0 Å². The van der Waals surface area contributed by atoms with Gasteiger partial charge in [0.15, 0.2) is 0 Å². The Morgan fingerprint density at radius 3 is 1.42 bits per heavy atom. The number of carbonyl (C=O) groups excluding carboxylic acids is 3. The number of thiocarbonyl (C=S) groups is 1. The van der Waals surface area contributed by atoms with E-state index >= 15 is 0 Å². The number of ether oxygens (including phenoxy) is 2. The van der Waals surface area contributed by atoms with Crippen LogP contribution in [-0.2, 0) is 31.9 Å². The molecule has 4 aromatic rings. The number of benzene rings is 4. The molecule has 0 bridgehead atoms. The van der Waals surface area contributed by atoms with Crippen molar-refractivity contribution < 1.29 is 42.5 Å². The van der Waals surface area contributed by atoms with E-state index in [2.05, 4.69) is 15.4 Å². The lowest BCUT2D eigenvalue weighted by molar-refractivity contribution is -0.385. The van der Waals surface area contributed by atoms with E-state index in [4.69, 9.17) is 17.0 Å². The number of hydrogen-bond donors (Lipinski definition) is 2. The maximum Gasteiger partial charge on any atom is 0.328 e. The number of nitrogens with one attached hydrogen (secondary N) is 2. The largest absolute Gasteiger partial charge is 0.467 e. The Hall–Kier alpha value is -6.16. The van der Waals surface area contributed by atoms with Gasteiger partial charge in [0.25, 0.3) is 17.3 Å². The predicted molar refractivity (Wildman–Crippen MR) is 180 cm³/mol. The minimum absolute atomic E-state index is 0.0465. The first-order valence-corrected chi connectivity index (χ1v) is 15.0. The van der Waals surface area contributed by atoms with Gasteiger partial charge in [0.05, 0.1) is 29.6 Å². The van der Waals surface area contributed by atoms with Crippen LogP contribution in [0.5, 0.6) is 0 Å². The van der Waals surface area contributed by atoms with Gasteiger partial charge in [-0.2, -0.15) is 0 Å². The van der Waals surface area contributed by atoms with Crippen molar-refractivity contribution >= 4 is 46.4 Å². The van der Waals surface area contributed by atoms with Crippen molar-refractivity contribution in [1.29, 1.82) is 0 Å². The van der Waals surface area contributed by atoms with Crippen LogP contribution >= 0.6 is 12.2 Å². The second-order valence-corrected chi connectivity index (χ2v) is 10.7. The molecule has 0 saturated carbocycles. The van der Waals surface area contributed by atoms with Gasteiger partial charge in [-0.25, -0.2) is 18.4 Å². The highest BCUT2D eigenvalue weighted by Crippen LogP contribution is 2.16. The zero-order valence-corrected chi connectivity index (χ0v) is 27.4. The lowest BCUT2D eigenvalue weighted by atomic mass is 10.0. The summed E-state index contributed by atoms with van der Waals surface area (Å²) in [4.78, 5) is 56.5. The molecule has 0 aromatic heterocycles. The number of nitro benzene ring substituents is 2. The van der Waals surface area contributed by atoms with Crippen LogP contribution in [0.25, 0.3) is 0 Å². The number of methoxy groups -OCH3 is 2. The molecule has 0 aliphatic rings. The van der Waals surface area contributed by atoms with Crippen molar-refractivity contribution in [1.82, 2.24) is 10.6 Å². The standard InChI is InChI=1S/C17H15FN2O5.C17H15FN2O4S/c1-25-17(22)15(10-11-6-8-12(9-7-11)20(23)24)19-16(21)13-4-2-3-5-14(13)18;1-24-17(21)15(10-11-6-8-12(9-7-11)20(22)23)19-16(25)13-4-2-3-5-14(13)18/h2-9,15H,10H2,1H3,(H,19,21);2-9,15H,10H2,1H3,(H,19,25). The molecular weight excluding hydrogens is 678 g/mol. The Kier molecular flexibility index (Phi) is 14.1. The number of hydrogen-bond acceptors (Lipinski definition) is 10. The number of esters is 2. The minimum Gasteiger partial charge on any atom is -0.467 e. The van der Waals surface area contributed by atoms with Gasteiger partial charge in [0.1, 0.15) is 28.7 Å². The van der Waals surface area contributed by atoms with E-state index < -0.39 is 51.4 Å². The Bertz CT molecular complexity index is 1720. The fraction of sp³-hybridized carbons (Fsp3) is 0.176. The molecule has 0 spiro atoms. The molecule has 260 valence electrons. The summed E-state index contributed by atoms with van der Waals surface area (Å²) in [5.74, 6) is -3.24. The number of nitro groups is 2. The van der Waals surface area contributed by atoms with Gasteiger partial charge in [-0.05, 0) is 35.4 Å². The smallest absolute Gasteiger partial charge is 0.328 e. The summed E-state index contributed by atoms with van der Waals surface area (Å²) in [6, 6.07) is 20.7. The van der Waals surface area contributed by atoms with Crippen LogP contribution in [0, 0.1) is 31.9 Å². The van der Waals surface area contributed by atoms with Crippen LogP contribution in [0.4, 0.5) is 20.2 Å². The molecule has 2 atom stereocenters. The van der Waals surface area contributed by atoms with E-state index in [1.165, 1.54) is 87.0 Å². The molecule has 0 aliphatic heterocycles. The normalized spacial score (nSPS) is 11.4. The molecule has 4 aromatic carbocycles. The number of nitrogens with zero attached hydrogens (tertiary/aromatic N) is 2. The summed E-state index contributed by atoms with van der Waals surface area (Å²) in [5.41, 5.74) is 1.09. The van der Waals surface area contributed by atoms with Gasteiger partial charge in [-0.1, -0.05) is 60.7 Å². The number of rotatable bonds is 12. The fourth-order valence-electron chi connectivity index (χ4n) is 4.41.